The zero-order valence-electron chi connectivity index (χ0n) is 10.3. The number of aromatic nitrogens is 1. The number of fused-ring (bicyclic) bond motifs is 1. The van der Waals surface area contributed by atoms with Crippen LogP contribution in [0.2, 0.25) is 0 Å². The summed E-state index contributed by atoms with van der Waals surface area (Å²) in [5.41, 5.74) is 2.68. The Bertz CT molecular complexity index is 749. The third kappa shape index (κ3) is 2.34. The first kappa shape index (κ1) is 11.8. The monoisotopic (exact) mass is 259 g/mol. The Morgan fingerprint density at radius 2 is 1.95 bits per heavy atom. The van der Waals surface area contributed by atoms with Crippen molar-refractivity contribution in [1.29, 1.82) is 0 Å². The molecule has 3 aromatic rings. The summed E-state index contributed by atoms with van der Waals surface area (Å²) >= 11 is 0. The Balaban J connectivity index is 1.98. The summed E-state index contributed by atoms with van der Waals surface area (Å²) < 4.78 is 32.2. The van der Waals surface area contributed by atoms with Crippen molar-refractivity contribution < 1.29 is 13.2 Å². The highest BCUT2D eigenvalue weighted by molar-refractivity contribution is 5.73. The van der Waals surface area contributed by atoms with Crippen LogP contribution in [0.5, 0.6) is 0 Å². The fourth-order valence-electron chi connectivity index (χ4n) is 2.00. The smallest absolute Gasteiger partial charge is 0.200 e. The average molecular weight is 259 g/mol. The lowest BCUT2D eigenvalue weighted by atomic mass is 10.1. The maximum atomic E-state index is 13.5. The summed E-state index contributed by atoms with van der Waals surface area (Å²) in [5, 5.41) is 0. The van der Waals surface area contributed by atoms with Crippen molar-refractivity contribution in [3.63, 3.8) is 0 Å². The molecule has 0 N–H and O–H groups in total. The highest BCUT2D eigenvalue weighted by Gasteiger charge is 2.10. The van der Waals surface area contributed by atoms with E-state index in [4.69, 9.17) is 4.42 Å². The van der Waals surface area contributed by atoms with Gasteiger partial charge in [-0.25, -0.2) is 13.8 Å². The summed E-state index contributed by atoms with van der Waals surface area (Å²) in [7, 11) is 0. The molecule has 19 heavy (non-hydrogen) atoms. The van der Waals surface area contributed by atoms with Gasteiger partial charge in [-0.15, -0.1) is 0 Å². The van der Waals surface area contributed by atoms with E-state index in [1.54, 1.807) is 0 Å². The minimum atomic E-state index is -0.469. The van der Waals surface area contributed by atoms with Crippen LogP contribution in [0.25, 0.3) is 11.1 Å². The molecule has 4 heteroatoms. The molecule has 0 aliphatic carbocycles. The summed E-state index contributed by atoms with van der Waals surface area (Å²) in [6, 6.07) is 9.01. The number of nitrogens with zero attached hydrogens (tertiary/aromatic N) is 1. The second-order valence-corrected chi connectivity index (χ2v) is 4.49. The number of hydrogen-bond acceptors (Lipinski definition) is 2. The van der Waals surface area contributed by atoms with Crippen LogP contribution in [0, 0.1) is 18.6 Å². The Morgan fingerprint density at radius 1 is 1.11 bits per heavy atom. The molecular weight excluding hydrogens is 248 g/mol. The number of hydrogen-bond donors (Lipinski definition) is 0. The van der Waals surface area contributed by atoms with Crippen molar-refractivity contribution in [2.75, 3.05) is 0 Å². The molecule has 0 aliphatic heterocycles. The van der Waals surface area contributed by atoms with E-state index < -0.39 is 11.6 Å². The van der Waals surface area contributed by atoms with Crippen LogP contribution >= 0.6 is 0 Å². The van der Waals surface area contributed by atoms with E-state index in [1.807, 2.05) is 25.1 Å². The van der Waals surface area contributed by atoms with Gasteiger partial charge in [-0.05, 0) is 48.4 Å². The largest absolute Gasteiger partial charge is 0.440 e. The van der Waals surface area contributed by atoms with Crippen molar-refractivity contribution >= 4 is 11.1 Å². The molecule has 2 nitrogen and oxygen atoms in total. The molecule has 3 rings (SSSR count). The normalized spacial score (nSPS) is 11.1. The highest BCUT2D eigenvalue weighted by atomic mass is 19.1. The molecule has 1 heterocycles. The van der Waals surface area contributed by atoms with Gasteiger partial charge >= 0.3 is 0 Å². The standard InChI is InChI=1S/C15H11F2NO/c1-9-2-5-13-14(6-9)19-15(18-13)8-10-7-11(16)3-4-12(10)17/h2-7H,8H2,1H3. The first-order valence-electron chi connectivity index (χ1n) is 5.92. The van der Waals surface area contributed by atoms with Crippen LogP contribution in [0.1, 0.15) is 17.0 Å². The van der Waals surface area contributed by atoms with Gasteiger partial charge in [0.2, 0.25) is 0 Å². The Morgan fingerprint density at radius 3 is 2.79 bits per heavy atom. The molecule has 2 aromatic carbocycles. The quantitative estimate of drug-likeness (QED) is 0.695. The van der Waals surface area contributed by atoms with Gasteiger partial charge in [0.05, 0.1) is 6.42 Å². The van der Waals surface area contributed by atoms with Gasteiger partial charge in [-0.3, -0.25) is 0 Å². The van der Waals surface area contributed by atoms with Crippen molar-refractivity contribution in [3.05, 3.63) is 65.1 Å². The van der Waals surface area contributed by atoms with Gasteiger partial charge in [-0.2, -0.15) is 0 Å². The third-order valence-corrected chi connectivity index (χ3v) is 2.94. The van der Waals surface area contributed by atoms with Gasteiger partial charge in [-0.1, -0.05) is 6.07 Å². The summed E-state index contributed by atoms with van der Waals surface area (Å²) in [6.07, 6.45) is 0.136. The molecule has 96 valence electrons. The van der Waals surface area contributed by atoms with Crippen LogP contribution in [-0.4, -0.2) is 4.98 Å². The van der Waals surface area contributed by atoms with Crippen molar-refractivity contribution in [2.24, 2.45) is 0 Å². The van der Waals surface area contributed by atoms with Gasteiger partial charge in [0, 0.05) is 0 Å². The topological polar surface area (TPSA) is 26.0 Å². The molecule has 1 aromatic heterocycles. The number of aryl methyl sites for hydroxylation is 1. The number of oxazole rings is 1. The average Bonchev–Trinajstić information content (AvgIpc) is 2.75. The number of halogens is 2. The van der Waals surface area contributed by atoms with Crippen LogP contribution in [0.15, 0.2) is 40.8 Å². The molecule has 0 saturated carbocycles. The number of benzene rings is 2. The SMILES string of the molecule is Cc1ccc2nc(Cc3cc(F)ccc3F)oc2c1. The van der Waals surface area contributed by atoms with Gasteiger partial charge in [0.25, 0.3) is 0 Å². The van der Waals surface area contributed by atoms with Gasteiger partial charge in [0.1, 0.15) is 17.2 Å². The van der Waals surface area contributed by atoms with Gasteiger partial charge < -0.3 is 4.42 Å². The van der Waals surface area contributed by atoms with E-state index in [-0.39, 0.29) is 12.0 Å². The predicted octanol–water partition coefficient (Wildman–Crippen LogP) is 4.01. The maximum absolute atomic E-state index is 13.5. The minimum absolute atomic E-state index is 0.136. The summed E-state index contributed by atoms with van der Waals surface area (Å²) in [4.78, 5) is 4.26. The zero-order chi connectivity index (χ0) is 13.4. The van der Waals surface area contributed by atoms with E-state index in [9.17, 15) is 8.78 Å². The van der Waals surface area contributed by atoms with E-state index in [0.717, 1.165) is 29.3 Å². The van der Waals surface area contributed by atoms with E-state index in [0.29, 0.717) is 11.5 Å². The van der Waals surface area contributed by atoms with Crippen LogP contribution in [0.3, 0.4) is 0 Å². The number of rotatable bonds is 2. The zero-order valence-corrected chi connectivity index (χ0v) is 10.3. The summed E-state index contributed by atoms with van der Waals surface area (Å²) in [6.45, 7) is 1.95. The molecule has 0 fully saturated rings. The van der Waals surface area contributed by atoms with Crippen LogP contribution in [0.4, 0.5) is 8.78 Å². The van der Waals surface area contributed by atoms with Crippen molar-refractivity contribution in [1.82, 2.24) is 4.98 Å². The molecule has 0 saturated heterocycles. The van der Waals surface area contributed by atoms with E-state index in [1.165, 1.54) is 0 Å². The maximum Gasteiger partial charge on any atom is 0.200 e. The van der Waals surface area contributed by atoms with Crippen molar-refractivity contribution in [2.45, 2.75) is 13.3 Å². The van der Waals surface area contributed by atoms with E-state index in [2.05, 4.69) is 4.98 Å². The lowest BCUT2D eigenvalue weighted by Crippen LogP contribution is -1.93. The first-order chi connectivity index (χ1) is 9.11. The molecule has 0 atom stereocenters. The molecule has 0 unspecified atom stereocenters. The molecule has 0 amide bonds. The second kappa shape index (κ2) is 4.46. The first-order valence-corrected chi connectivity index (χ1v) is 5.92. The Labute approximate surface area is 108 Å². The fourth-order valence-corrected chi connectivity index (χ4v) is 2.00. The van der Waals surface area contributed by atoms with E-state index >= 15 is 0 Å². The highest BCUT2D eigenvalue weighted by Crippen LogP contribution is 2.20. The predicted molar refractivity (Wildman–Crippen MR) is 67.9 cm³/mol. The Kier molecular flexibility index (Phi) is 2.78. The lowest BCUT2D eigenvalue weighted by molar-refractivity contribution is 0.530. The Hall–Kier alpha value is -2.23. The third-order valence-electron chi connectivity index (χ3n) is 2.94. The summed E-state index contributed by atoms with van der Waals surface area (Å²) in [5.74, 6) is -0.548. The fraction of sp³-hybridized carbons (Fsp3) is 0.133. The lowest BCUT2D eigenvalue weighted by Gasteiger charge is -1.99. The van der Waals surface area contributed by atoms with Gasteiger partial charge in [0.15, 0.2) is 11.5 Å². The second-order valence-electron chi connectivity index (χ2n) is 4.49. The molecular formula is C15H11F2NO. The molecule has 0 bridgehead atoms. The van der Waals surface area contributed by atoms with Crippen LogP contribution < -0.4 is 0 Å². The molecule has 0 spiro atoms. The minimum Gasteiger partial charge on any atom is -0.440 e. The van der Waals surface area contributed by atoms with Crippen LogP contribution in [-0.2, 0) is 6.42 Å². The molecule has 0 radical (unpaired) electrons. The van der Waals surface area contributed by atoms with Crippen molar-refractivity contribution in [3.8, 4) is 0 Å². The molecule has 0 aliphatic rings.